The SMILES string of the molecule is COc1ccc2c(I)cc(-c3nc(C(C)C)cs3)nc2c1. The summed E-state index contributed by atoms with van der Waals surface area (Å²) in [6.45, 7) is 4.31. The van der Waals surface area contributed by atoms with Gasteiger partial charge in [0.1, 0.15) is 16.5 Å². The Kier molecular flexibility index (Phi) is 4.12. The van der Waals surface area contributed by atoms with E-state index in [0.717, 1.165) is 33.0 Å². The molecule has 0 N–H and O–H groups in total. The maximum absolute atomic E-state index is 5.29. The van der Waals surface area contributed by atoms with Crippen molar-refractivity contribution < 1.29 is 4.74 Å². The second kappa shape index (κ2) is 5.88. The summed E-state index contributed by atoms with van der Waals surface area (Å²) >= 11 is 4.00. The van der Waals surface area contributed by atoms with Crippen LogP contribution < -0.4 is 4.74 Å². The Hall–Kier alpha value is -1.21. The minimum Gasteiger partial charge on any atom is -0.497 e. The highest BCUT2D eigenvalue weighted by molar-refractivity contribution is 14.1. The van der Waals surface area contributed by atoms with E-state index in [1.165, 1.54) is 3.57 Å². The summed E-state index contributed by atoms with van der Waals surface area (Å²) in [7, 11) is 1.67. The van der Waals surface area contributed by atoms with Gasteiger partial charge in [-0.25, -0.2) is 9.97 Å². The summed E-state index contributed by atoms with van der Waals surface area (Å²) in [6.07, 6.45) is 0. The van der Waals surface area contributed by atoms with E-state index in [-0.39, 0.29) is 0 Å². The van der Waals surface area contributed by atoms with Crippen LogP contribution in [0.2, 0.25) is 0 Å². The molecular weight excluding hydrogens is 395 g/mol. The first-order valence-corrected chi connectivity index (χ1v) is 8.64. The molecule has 0 unspecified atom stereocenters. The van der Waals surface area contributed by atoms with Gasteiger partial charge in [0.25, 0.3) is 0 Å². The van der Waals surface area contributed by atoms with Gasteiger partial charge < -0.3 is 4.74 Å². The van der Waals surface area contributed by atoms with E-state index < -0.39 is 0 Å². The van der Waals surface area contributed by atoms with E-state index in [2.05, 4.69) is 47.9 Å². The molecule has 0 aliphatic carbocycles. The number of halogens is 1. The number of rotatable bonds is 3. The van der Waals surface area contributed by atoms with E-state index >= 15 is 0 Å². The number of thiazole rings is 1. The third-order valence-electron chi connectivity index (χ3n) is 3.30. The molecule has 0 radical (unpaired) electrons. The van der Waals surface area contributed by atoms with Crippen molar-refractivity contribution in [2.75, 3.05) is 7.11 Å². The molecule has 21 heavy (non-hydrogen) atoms. The molecule has 1 aromatic carbocycles. The molecule has 0 atom stereocenters. The Morgan fingerprint density at radius 3 is 2.67 bits per heavy atom. The molecule has 0 aliphatic heterocycles. The molecule has 2 aromatic heterocycles. The Labute approximate surface area is 141 Å². The van der Waals surface area contributed by atoms with Crippen molar-refractivity contribution in [3.8, 4) is 16.5 Å². The fourth-order valence-electron chi connectivity index (χ4n) is 2.07. The second-order valence-electron chi connectivity index (χ2n) is 5.10. The van der Waals surface area contributed by atoms with Crippen molar-refractivity contribution in [1.82, 2.24) is 9.97 Å². The van der Waals surface area contributed by atoms with Gasteiger partial charge in [-0.15, -0.1) is 11.3 Å². The maximum Gasteiger partial charge on any atom is 0.142 e. The van der Waals surface area contributed by atoms with Crippen LogP contribution in [0.1, 0.15) is 25.5 Å². The summed E-state index contributed by atoms with van der Waals surface area (Å²) in [6, 6.07) is 8.08. The molecule has 0 bridgehead atoms. The minimum absolute atomic E-state index is 0.439. The number of pyridine rings is 1. The smallest absolute Gasteiger partial charge is 0.142 e. The fraction of sp³-hybridized carbons (Fsp3) is 0.250. The molecule has 108 valence electrons. The average Bonchev–Trinajstić information content (AvgIpc) is 2.96. The topological polar surface area (TPSA) is 35.0 Å². The lowest BCUT2D eigenvalue weighted by molar-refractivity contribution is 0.415. The lowest BCUT2D eigenvalue weighted by atomic mass is 10.1. The number of methoxy groups -OCH3 is 1. The molecule has 2 heterocycles. The molecule has 0 amide bonds. The van der Waals surface area contributed by atoms with Gasteiger partial charge in [-0.05, 0) is 46.7 Å². The van der Waals surface area contributed by atoms with Gasteiger partial charge in [-0.1, -0.05) is 13.8 Å². The number of ether oxygens (including phenoxy) is 1. The van der Waals surface area contributed by atoms with Gasteiger partial charge >= 0.3 is 0 Å². The number of aromatic nitrogens is 2. The van der Waals surface area contributed by atoms with Crippen LogP contribution in [0, 0.1) is 3.57 Å². The number of hydrogen-bond acceptors (Lipinski definition) is 4. The molecule has 3 aromatic rings. The molecular formula is C16H15IN2OS. The number of benzene rings is 1. The third-order valence-corrected chi connectivity index (χ3v) is 5.07. The van der Waals surface area contributed by atoms with Crippen molar-refractivity contribution in [3.63, 3.8) is 0 Å². The Morgan fingerprint density at radius 2 is 2.00 bits per heavy atom. The predicted molar refractivity (Wildman–Crippen MR) is 96.2 cm³/mol. The van der Waals surface area contributed by atoms with Crippen LogP contribution in [-0.2, 0) is 0 Å². The Balaban J connectivity index is 2.13. The lowest BCUT2D eigenvalue weighted by Crippen LogP contribution is -1.91. The highest BCUT2D eigenvalue weighted by atomic mass is 127. The first-order valence-electron chi connectivity index (χ1n) is 6.68. The van der Waals surface area contributed by atoms with Gasteiger partial charge in [0, 0.05) is 20.4 Å². The fourth-order valence-corrected chi connectivity index (χ4v) is 3.76. The van der Waals surface area contributed by atoms with Gasteiger partial charge in [0.05, 0.1) is 18.3 Å². The molecule has 0 fully saturated rings. The van der Waals surface area contributed by atoms with Crippen LogP contribution in [0.15, 0.2) is 29.6 Å². The summed E-state index contributed by atoms with van der Waals surface area (Å²) in [5, 5.41) is 4.23. The van der Waals surface area contributed by atoms with E-state index in [9.17, 15) is 0 Å². The zero-order valence-corrected chi connectivity index (χ0v) is 15.0. The Morgan fingerprint density at radius 1 is 1.19 bits per heavy atom. The monoisotopic (exact) mass is 410 g/mol. The van der Waals surface area contributed by atoms with Crippen molar-refractivity contribution >= 4 is 44.8 Å². The highest BCUT2D eigenvalue weighted by Gasteiger charge is 2.11. The van der Waals surface area contributed by atoms with Crippen LogP contribution >= 0.6 is 33.9 Å². The lowest BCUT2D eigenvalue weighted by Gasteiger charge is -2.06. The van der Waals surface area contributed by atoms with Gasteiger partial charge in [-0.3, -0.25) is 0 Å². The van der Waals surface area contributed by atoms with E-state index in [1.54, 1.807) is 18.4 Å². The minimum atomic E-state index is 0.439. The summed E-state index contributed by atoms with van der Waals surface area (Å²) in [5.41, 5.74) is 2.99. The van der Waals surface area contributed by atoms with Crippen LogP contribution in [0.5, 0.6) is 5.75 Å². The average molecular weight is 410 g/mol. The summed E-state index contributed by atoms with van der Waals surface area (Å²) < 4.78 is 6.47. The molecule has 3 nitrogen and oxygen atoms in total. The van der Waals surface area contributed by atoms with Crippen molar-refractivity contribution in [1.29, 1.82) is 0 Å². The molecule has 3 rings (SSSR count). The van der Waals surface area contributed by atoms with Gasteiger partial charge in [0.2, 0.25) is 0 Å². The van der Waals surface area contributed by atoms with E-state index in [0.29, 0.717) is 5.92 Å². The van der Waals surface area contributed by atoms with Crippen LogP contribution in [0.25, 0.3) is 21.6 Å². The Bertz CT molecular complexity index is 798. The molecule has 0 saturated carbocycles. The van der Waals surface area contributed by atoms with Gasteiger partial charge in [0.15, 0.2) is 0 Å². The molecule has 0 aliphatic rings. The van der Waals surface area contributed by atoms with Crippen LogP contribution in [0.4, 0.5) is 0 Å². The summed E-state index contributed by atoms with van der Waals surface area (Å²) in [5.74, 6) is 1.26. The largest absolute Gasteiger partial charge is 0.497 e. The van der Waals surface area contributed by atoms with Crippen LogP contribution in [-0.4, -0.2) is 17.1 Å². The van der Waals surface area contributed by atoms with E-state index in [4.69, 9.17) is 14.7 Å². The predicted octanol–water partition coefficient (Wildman–Crippen LogP) is 5.09. The first-order chi connectivity index (χ1) is 10.1. The van der Waals surface area contributed by atoms with Crippen molar-refractivity contribution in [2.24, 2.45) is 0 Å². The zero-order chi connectivity index (χ0) is 15.0. The molecule has 0 saturated heterocycles. The van der Waals surface area contributed by atoms with Crippen molar-refractivity contribution in [2.45, 2.75) is 19.8 Å². The van der Waals surface area contributed by atoms with Crippen molar-refractivity contribution in [3.05, 3.63) is 38.9 Å². The quantitative estimate of drug-likeness (QED) is 0.564. The summed E-state index contributed by atoms with van der Waals surface area (Å²) in [4.78, 5) is 9.44. The second-order valence-corrected chi connectivity index (χ2v) is 7.12. The molecule has 0 spiro atoms. The van der Waals surface area contributed by atoms with E-state index in [1.807, 2.05) is 18.2 Å². The normalized spacial score (nSPS) is 11.3. The number of hydrogen-bond donors (Lipinski definition) is 0. The zero-order valence-electron chi connectivity index (χ0n) is 12.1. The number of fused-ring (bicyclic) bond motifs is 1. The molecule has 5 heteroatoms. The number of nitrogens with zero attached hydrogens (tertiary/aromatic N) is 2. The van der Waals surface area contributed by atoms with Gasteiger partial charge in [-0.2, -0.15) is 0 Å². The van der Waals surface area contributed by atoms with Crippen LogP contribution in [0.3, 0.4) is 0 Å². The standard InChI is InChI=1S/C16H15IN2OS/c1-9(2)15-8-21-16(19-15)14-7-12(17)11-5-4-10(20-3)6-13(11)18-14/h4-9H,1-3H3. The first kappa shape index (κ1) is 14.7. The third kappa shape index (κ3) is 2.89. The maximum atomic E-state index is 5.29. The highest BCUT2D eigenvalue weighted by Crippen LogP contribution is 2.30.